The van der Waals surface area contributed by atoms with E-state index < -0.39 is 11.5 Å². The monoisotopic (exact) mass is 360 g/mol. The number of rotatable bonds is 9. The Hall–Kier alpha value is -2.11. The van der Waals surface area contributed by atoms with Crippen molar-refractivity contribution in [3.8, 4) is 5.88 Å². The molecule has 0 bridgehead atoms. The zero-order chi connectivity index (χ0) is 18.7. The normalized spacial score (nSPS) is 16.9. The topological polar surface area (TPSA) is 77.5 Å². The molecule has 142 valence electrons. The summed E-state index contributed by atoms with van der Waals surface area (Å²) in [7, 11) is 1.33. The molecule has 0 aliphatic heterocycles. The number of aromatic nitrogens is 1. The van der Waals surface area contributed by atoms with Gasteiger partial charge in [0.1, 0.15) is 11.2 Å². The highest BCUT2D eigenvalue weighted by Crippen LogP contribution is 2.44. The molecule has 26 heavy (non-hydrogen) atoms. The van der Waals surface area contributed by atoms with Gasteiger partial charge in [0.2, 0.25) is 5.88 Å². The molecule has 0 saturated heterocycles. The molecule has 2 aliphatic carbocycles. The van der Waals surface area contributed by atoms with Gasteiger partial charge in [-0.2, -0.15) is 0 Å². The molecule has 2 fully saturated rings. The maximum Gasteiger partial charge on any atom is 0.331 e. The zero-order valence-electron chi connectivity index (χ0n) is 15.8. The quantitative estimate of drug-likeness (QED) is 0.684. The Balaban J connectivity index is 1.79. The van der Waals surface area contributed by atoms with Gasteiger partial charge in [0.15, 0.2) is 0 Å². The van der Waals surface area contributed by atoms with E-state index in [9.17, 15) is 9.59 Å². The van der Waals surface area contributed by atoms with E-state index in [-0.39, 0.29) is 11.6 Å². The Kier molecular flexibility index (Phi) is 5.49. The molecular formula is C20H28N2O4. The van der Waals surface area contributed by atoms with Gasteiger partial charge in [-0.25, -0.2) is 9.78 Å². The molecule has 1 heterocycles. The molecule has 0 unspecified atom stereocenters. The molecule has 0 spiro atoms. The number of amides is 1. The van der Waals surface area contributed by atoms with Crippen molar-refractivity contribution in [3.63, 3.8) is 0 Å². The predicted octanol–water partition coefficient (Wildman–Crippen LogP) is 3.21. The number of nitrogens with zero attached hydrogens (tertiary/aromatic N) is 1. The van der Waals surface area contributed by atoms with E-state index in [4.69, 9.17) is 9.47 Å². The van der Waals surface area contributed by atoms with Gasteiger partial charge in [0.25, 0.3) is 5.91 Å². The van der Waals surface area contributed by atoms with Crippen LogP contribution in [0.1, 0.15) is 74.3 Å². The molecule has 6 nitrogen and oxygen atoms in total. The third-order valence-corrected chi connectivity index (χ3v) is 5.43. The number of methoxy groups -OCH3 is 1. The number of nitrogens with one attached hydrogen (secondary N) is 1. The highest BCUT2D eigenvalue weighted by molar-refractivity contribution is 5.96. The van der Waals surface area contributed by atoms with E-state index in [0.717, 1.165) is 18.4 Å². The average molecular weight is 360 g/mol. The fraction of sp³-hybridized carbons (Fsp3) is 0.650. The van der Waals surface area contributed by atoms with Crippen molar-refractivity contribution in [2.24, 2.45) is 5.92 Å². The molecule has 2 saturated carbocycles. The minimum Gasteiger partial charge on any atom is -0.477 e. The van der Waals surface area contributed by atoms with Gasteiger partial charge in [-0.15, -0.1) is 0 Å². The average Bonchev–Trinajstić information content (AvgIpc) is 3.57. The van der Waals surface area contributed by atoms with E-state index in [1.807, 2.05) is 19.9 Å². The highest BCUT2D eigenvalue weighted by atomic mass is 16.5. The molecule has 6 heteroatoms. The second-order valence-electron chi connectivity index (χ2n) is 7.35. The molecule has 2 aliphatic rings. The number of carbonyl (C=O) groups excluding carboxylic acids is 2. The first-order valence-electron chi connectivity index (χ1n) is 9.57. The molecule has 0 aromatic carbocycles. The summed E-state index contributed by atoms with van der Waals surface area (Å²) in [6, 6.07) is 3.67. The fourth-order valence-corrected chi connectivity index (χ4v) is 3.12. The second kappa shape index (κ2) is 7.64. The van der Waals surface area contributed by atoms with Crippen molar-refractivity contribution in [2.75, 3.05) is 13.7 Å². The molecule has 1 amide bonds. The SMILES string of the molecule is CCC(CC)(NC(=O)c1ccc(C2CC2)c(OCC2CC2)n1)C(=O)OC. The van der Waals surface area contributed by atoms with E-state index in [1.165, 1.54) is 20.0 Å². The Bertz CT molecular complexity index is 676. The number of hydrogen-bond acceptors (Lipinski definition) is 5. The Morgan fingerprint density at radius 2 is 1.88 bits per heavy atom. The van der Waals surface area contributed by atoms with Gasteiger partial charge in [0.05, 0.1) is 13.7 Å². The van der Waals surface area contributed by atoms with Crippen molar-refractivity contribution >= 4 is 11.9 Å². The van der Waals surface area contributed by atoms with Crippen molar-refractivity contribution < 1.29 is 19.1 Å². The maximum atomic E-state index is 12.8. The van der Waals surface area contributed by atoms with Gasteiger partial charge in [-0.3, -0.25) is 4.79 Å². The fourth-order valence-electron chi connectivity index (χ4n) is 3.12. The largest absolute Gasteiger partial charge is 0.477 e. The summed E-state index contributed by atoms with van der Waals surface area (Å²) in [6.07, 6.45) is 5.59. The standard InChI is InChI=1S/C20H28N2O4/c1-4-20(5-2,19(24)25-3)22-17(23)16-11-10-15(14-8-9-14)18(21-16)26-12-13-6-7-13/h10-11,13-14H,4-9,12H2,1-3H3,(H,22,23). The summed E-state index contributed by atoms with van der Waals surface area (Å²) in [4.78, 5) is 29.4. The van der Waals surface area contributed by atoms with Gasteiger partial charge in [-0.1, -0.05) is 19.9 Å². The third kappa shape index (κ3) is 4.00. The van der Waals surface area contributed by atoms with Crippen molar-refractivity contribution in [2.45, 2.75) is 63.8 Å². The first kappa shape index (κ1) is 18.7. The smallest absolute Gasteiger partial charge is 0.331 e. The van der Waals surface area contributed by atoms with Crippen molar-refractivity contribution in [1.82, 2.24) is 10.3 Å². The van der Waals surface area contributed by atoms with Crippen molar-refractivity contribution in [1.29, 1.82) is 0 Å². The molecule has 1 aromatic heterocycles. The highest BCUT2D eigenvalue weighted by Gasteiger charge is 2.38. The summed E-state index contributed by atoms with van der Waals surface area (Å²) >= 11 is 0. The molecule has 1 N–H and O–H groups in total. The minimum absolute atomic E-state index is 0.273. The van der Waals surface area contributed by atoms with E-state index in [2.05, 4.69) is 10.3 Å². The lowest BCUT2D eigenvalue weighted by atomic mass is 9.92. The van der Waals surface area contributed by atoms with Gasteiger partial charge < -0.3 is 14.8 Å². The molecule has 0 radical (unpaired) electrons. The Morgan fingerprint density at radius 1 is 1.19 bits per heavy atom. The number of esters is 1. The molecule has 1 aromatic rings. The Morgan fingerprint density at radius 3 is 2.42 bits per heavy atom. The third-order valence-electron chi connectivity index (χ3n) is 5.43. The summed E-state index contributed by atoms with van der Waals surface area (Å²) in [5, 5.41) is 2.83. The van der Waals surface area contributed by atoms with Crippen LogP contribution in [-0.4, -0.2) is 36.1 Å². The molecular weight excluding hydrogens is 332 g/mol. The van der Waals surface area contributed by atoms with Crippen LogP contribution in [0.5, 0.6) is 5.88 Å². The summed E-state index contributed by atoms with van der Waals surface area (Å²) in [5.41, 5.74) is 0.334. The van der Waals surface area contributed by atoms with Crippen molar-refractivity contribution in [3.05, 3.63) is 23.4 Å². The van der Waals surface area contributed by atoms with Crippen LogP contribution in [0.15, 0.2) is 12.1 Å². The summed E-state index contributed by atoms with van der Waals surface area (Å²) in [5.74, 6) is 0.875. The number of ether oxygens (including phenoxy) is 2. The maximum absolute atomic E-state index is 12.8. The lowest BCUT2D eigenvalue weighted by molar-refractivity contribution is -0.148. The molecule has 0 atom stereocenters. The van der Waals surface area contributed by atoms with Crippen LogP contribution >= 0.6 is 0 Å². The van der Waals surface area contributed by atoms with Crippen LogP contribution in [0.25, 0.3) is 0 Å². The van der Waals surface area contributed by atoms with Crippen LogP contribution < -0.4 is 10.1 Å². The van der Waals surface area contributed by atoms with Gasteiger partial charge in [-0.05, 0) is 56.4 Å². The summed E-state index contributed by atoms with van der Waals surface area (Å²) < 4.78 is 10.8. The Labute approximate surface area is 154 Å². The van der Waals surface area contributed by atoms with Crippen LogP contribution in [0.2, 0.25) is 0 Å². The second-order valence-corrected chi connectivity index (χ2v) is 7.35. The van der Waals surface area contributed by atoms with Crippen LogP contribution in [-0.2, 0) is 9.53 Å². The van der Waals surface area contributed by atoms with Gasteiger partial charge in [0, 0.05) is 5.56 Å². The van der Waals surface area contributed by atoms with Crippen LogP contribution in [0.4, 0.5) is 0 Å². The van der Waals surface area contributed by atoms with Gasteiger partial charge >= 0.3 is 5.97 Å². The summed E-state index contributed by atoms with van der Waals surface area (Å²) in [6.45, 7) is 4.37. The van der Waals surface area contributed by atoms with E-state index in [0.29, 0.717) is 37.2 Å². The minimum atomic E-state index is -1.03. The first-order chi connectivity index (χ1) is 12.5. The lowest BCUT2D eigenvalue weighted by Gasteiger charge is -2.29. The first-order valence-corrected chi connectivity index (χ1v) is 9.57. The molecule has 3 rings (SSSR count). The van der Waals surface area contributed by atoms with Crippen LogP contribution in [0, 0.1) is 5.92 Å². The van der Waals surface area contributed by atoms with Crippen LogP contribution in [0.3, 0.4) is 0 Å². The lowest BCUT2D eigenvalue weighted by Crippen LogP contribution is -2.54. The van der Waals surface area contributed by atoms with E-state index in [1.54, 1.807) is 6.07 Å². The number of pyridine rings is 1. The predicted molar refractivity (Wildman–Crippen MR) is 97.2 cm³/mol. The zero-order valence-corrected chi connectivity index (χ0v) is 15.8. The number of carbonyl (C=O) groups is 2. The number of hydrogen-bond donors (Lipinski definition) is 1. The van der Waals surface area contributed by atoms with E-state index >= 15 is 0 Å².